The van der Waals surface area contributed by atoms with Gasteiger partial charge in [-0.25, -0.2) is 9.36 Å². The number of fused-ring (bicyclic) bond motifs is 3. The number of carbonyl (C=O) groups is 1. The van der Waals surface area contributed by atoms with Crippen LogP contribution in [0.15, 0.2) is 44.3 Å². The number of oxazole rings is 1. The third-order valence-corrected chi connectivity index (χ3v) is 4.73. The van der Waals surface area contributed by atoms with E-state index < -0.39 is 23.8 Å². The van der Waals surface area contributed by atoms with Crippen LogP contribution in [0.25, 0.3) is 17.0 Å². The second-order valence-corrected chi connectivity index (χ2v) is 6.52. The van der Waals surface area contributed by atoms with E-state index in [4.69, 9.17) is 9.15 Å². The molecule has 4 aromatic rings. The molecule has 0 unspecified atom stereocenters. The highest BCUT2D eigenvalue weighted by Gasteiger charge is 2.22. The Kier molecular flexibility index (Phi) is 4.14. The molecule has 0 aliphatic carbocycles. The molecule has 0 fully saturated rings. The monoisotopic (exact) mass is 382 g/mol. The largest absolute Gasteiger partial charge is 0.459 e. The maximum atomic E-state index is 13.0. The Morgan fingerprint density at radius 2 is 1.89 bits per heavy atom. The van der Waals surface area contributed by atoms with Crippen molar-refractivity contribution in [1.29, 1.82) is 0 Å². The zero-order valence-electron chi connectivity index (χ0n) is 15.6. The molecule has 28 heavy (non-hydrogen) atoms. The van der Waals surface area contributed by atoms with E-state index in [1.54, 1.807) is 18.2 Å². The number of aromatic nitrogens is 4. The highest BCUT2D eigenvalue weighted by Crippen LogP contribution is 2.19. The van der Waals surface area contributed by atoms with E-state index in [0.29, 0.717) is 11.5 Å². The van der Waals surface area contributed by atoms with E-state index in [-0.39, 0.29) is 23.6 Å². The Balaban J connectivity index is 1.74. The molecule has 0 saturated heterocycles. The maximum Gasteiger partial charge on any atom is 0.333 e. The number of benzene rings is 1. The summed E-state index contributed by atoms with van der Waals surface area (Å²) in [4.78, 5) is 42.1. The highest BCUT2D eigenvalue weighted by molar-refractivity contribution is 5.76. The van der Waals surface area contributed by atoms with Crippen molar-refractivity contribution in [3.63, 3.8) is 0 Å². The SMILES string of the molecule is Cc1oc2nc3c(c(=O)n(CC(=O)OCc4ccccc4)c(=O)n3C)n2c1C. The topological polar surface area (TPSA) is 101 Å². The molecule has 0 saturated carbocycles. The Hall–Kier alpha value is -3.62. The van der Waals surface area contributed by atoms with Gasteiger partial charge in [-0.2, -0.15) is 4.98 Å². The Morgan fingerprint density at radius 3 is 2.61 bits per heavy atom. The van der Waals surface area contributed by atoms with Crippen molar-refractivity contribution >= 4 is 23.0 Å². The van der Waals surface area contributed by atoms with Gasteiger partial charge in [0.1, 0.15) is 18.9 Å². The minimum atomic E-state index is -0.678. The van der Waals surface area contributed by atoms with Gasteiger partial charge in [-0.3, -0.25) is 18.6 Å². The minimum Gasteiger partial charge on any atom is -0.459 e. The van der Waals surface area contributed by atoms with Crippen LogP contribution in [0.5, 0.6) is 0 Å². The maximum absolute atomic E-state index is 13.0. The van der Waals surface area contributed by atoms with Gasteiger partial charge in [0.2, 0.25) is 0 Å². The minimum absolute atomic E-state index is 0.0634. The van der Waals surface area contributed by atoms with Gasteiger partial charge >= 0.3 is 17.5 Å². The summed E-state index contributed by atoms with van der Waals surface area (Å²) in [6.45, 7) is 3.12. The summed E-state index contributed by atoms with van der Waals surface area (Å²) in [5.41, 5.74) is 0.628. The smallest absolute Gasteiger partial charge is 0.333 e. The summed E-state index contributed by atoms with van der Waals surface area (Å²) in [7, 11) is 1.49. The molecule has 9 nitrogen and oxygen atoms in total. The molecule has 0 bridgehead atoms. The van der Waals surface area contributed by atoms with Crippen LogP contribution in [0.1, 0.15) is 17.0 Å². The van der Waals surface area contributed by atoms with Gasteiger partial charge in [0.05, 0.1) is 5.69 Å². The summed E-state index contributed by atoms with van der Waals surface area (Å²) in [6, 6.07) is 9.15. The Labute approximate surface area is 158 Å². The van der Waals surface area contributed by atoms with E-state index in [1.807, 2.05) is 30.3 Å². The first-order valence-corrected chi connectivity index (χ1v) is 8.66. The molecular formula is C19H18N4O5. The summed E-state index contributed by atoms with van der Waals surface area (Å²) in [5.74, 6) is 0.163. The Morgan fingerprint density at radius 1 is 1.18 bits per heavy atom. The van der Waals surface area contributed by atoms with Gasteiger partial charge in [0, 0.05) is 7.05 Å². The first-order valence-electron chi connectivity index (χ1n) is 8.66. The van der Waals surface area contributed by atoms with Crippen LogP contribution in [0.2, 0.25) is 0 Å². The van der Waals surface area contributed by atoms with Gasteiger partial charge < -0.3 is 9.15 Å². The molecule has 3 aromatic heterocycles. The van der Waals surface area contributed by atoms with E-state index in [2.05, 4.69) is 4.98 Å². The molecule has 0 atom stereocenters. The van der Waals surface area contributed by atoms with E-state index >= 15 is 0 Å². The van der Waals surface area contributed by atoms with E-state index in [9.17, 15) is 14.4 Å². The quantitative estimate of drug-likeness (QED) is 0.493. The number of rotatable bonds is 4. The number of imidazole rings is 1. The van der Waals surface area contributed by atoms with Gasteiger partial charge in [-0.15, -0.1) is 0 Å². The van der Waals surface area contributed by atoms with Crippen LogP contribution in [0.4, 0.5) is 0 Å². The summed E-state index contributed by atoms with van der Waals surface area (Å²) in [5, 5.41) is 0. The number of ether oxygens (including phenoxy) is 1. The van der Waals surface area contributed by atoms with Crippen LogP contribution in [-0.4, -0.2) is 24.5 Å². The van der Waals surface area contributed by atoms with E-state index in [0.717, 1.165) is 10.1 Å². The predicted octanol–water partition coefficient (Wildman–Crippen LogP) is 1.30. The highest BCUT2D eigenvalue weighted by atomic mass is 16.5. The lowest BCUT2D eigenvalue weighted by Crippen LogP contribution is -2.41. The van der Waals surface area contributed by atoms with Gasteiger partial charge in [-0.05, 0) is 19.4 Å². The van der Waals surface area contributed by atoms with Crippen molar-refractivity contribution in [2.75, 3.05) is 0 Å². The molecule has 144 valence electrons. The molecule has 3 heterocycles. The fourth-order valence-electron chi connectivity index (χ4n) is 3.10. The Bertz CT molecular complexity index is 1320. The normalized spacial score (nSPS) is 11.4. The van der Waals surface area contributed by atoms with Gasteiger partial charge in [-0.1, -0.05) is 30.3 Å². The van der Waals surface area contributed by atoms with Gasteiger partial charge in [0.15, 0.2) is 11.2 Å². The van der Waals surface area contributed by atoms with E-state index in [1.165, 1.54) is 11.6 Å². The first-order chi connectivity index (χ1) is 13.4. The first kappa shape index (κ1) is 17.8. The van der Waals surface area contributed by atoms with Crippen molar-refractivity contribution < 1.29 is 13.9 Å². The van der Waals surface area contributed by atoms with Crippen LogP contribution < -0.4 is 11.2 Å². The molecule has 0 radical (unpaired) electrons. The predicted molar refractivity (Wildman–Crippen MR) is 100 cm³/mol. The summed E-state index contributed by atoms with van der Waals surface area (Å²) >= 11 is 0. The lowest BCUT2D eigenvalue weighted by atomic mass is 10.2. The molecule has 1 aromatic carbocycles. The van der Waals surface area contributed by atoms with Crippen LogP contribution in [-0.2, 0) is 29.7 Å². The second kappa shape index (κ2) is 6.52. The zero-order chi connectivity index (χ0) is 20.0. The number of esters is 1. The molecule has 0 spiro atoms. The van der Waals surface area contributed by atoms with Crippen molar-refractivity contribution in [3.05, 3.63) is 68.2 Å². The molecular weight excluding hydrogens is 364 g/mol. The molecule has 0 N–H and O–H groups in total. The number of aryl methyl sites for hydroxylation is 3. The van der Waals surface area contributed by atoms with Crippen molar-refractivity contribution in [2.45, 2.75) is 27.0 Å². The molecule has 0 aliphatic rings. The lowest BCUT2D eigenvalue weighted by molar-refractivity contribution is -0.145. The fraction of sp³-hybridized carbons (Fsp3) is 0.263. The van der Waals surface area contributed by atoms with Crippen molar-refractivity contribution in [2.24, 2.45) is 7.05 Å². The van der Waals surface area contributed by atoms with Crippen LogP contribution >= 0.6 is 0 Å². The standard InChI is InChI=1S/C19H18N4O5/c1-11-12(2)28-18-20-16-15(23(11)18)17(25)22(19(26)21(16)3)9-14(24)27-10-13-7-5-4-6-8-13/h4-8H,9-10H2,1-3H3. The van der Waals surface area contributed by atoms with Crippen LogP contribution in [0, 0.1) is 13.8 Å². The molecule has 0 amide bonds. The molecule has 4 rings (SSSR count). The second-order valence-electron chi connectivity index (χ2n) is 6.52. The lowest BCUT2D eigenvalue weighted by Gasteiger charge is -2.09. The van der Waals surface area contributed by atoms with Crippen molar-refractivity contribution in [3.8, 4) is 0 Å². The summed E-state index contributed by atoms with van der Waals surface area (Å²) < 4.78 is 14.4. The molecule has 0 aliphatic heterocycles. The number of carbonyl (C=O) groups excluding carboxylic acids is 1. The third-order valence-electron chi connectivity index (χ3n) is 4.73. The zero-order valence-corrected chi connectivity index (χ0v) is 15.6. The number of hydrogen-bond donors (Lipinski definition) is 0. The van der Waals surface area contributed by atoms with Crippen molar-refractivity contribution in [1.82, 2.24) is 18.5 Å². The summed E-state index contributed by atoms with van der Waals surface area (Å²) in [6.07, 6.45) is 0. The number of nitrogens with zero attached hydrogens (tertiary/aromatic N) is 4. The number of hydrogen-bond acceptors (Lipinski definition) is 6. The van der Waals surface area contributed by atoms with Crippen LogP contribution in [0.3, 0.4) is 0 Å². The average Bonchev–Trinajstić information content (AvgIpc) is 3.19. The van der Waals surface area contributed by atoms with Gasteiger partial charge in [0.25, 0.3) is 5.56 Å². The third kappa shape index (κ3) is 2.72. The molecule has 9 heteroatoms. The fourth-order valence-corrected chi connectivity index (χ4v) is 3.10. The average molecular weight is 382 g/mol.